The lowest BCUT2D eigenvalue weighted by Crippen LogP contribution is -2.44. The molecule has 1 aromatic carbocycles. The third-order valence-electron chi connectivity index (χ3n) is 3.92. The van der Waals surface area contributed by atoms with Crippen LogP contribution < -0.4 is 0 Å². The Morgan fingerprint density at radius 1 is 1.09 bits per heavy atom. The van der Waals surface area contributed by atoms with Gasteiger partial charge in [0.2, 0.25) is 8.32 Å². The molecule has 0 bridgehead atoms. The largest absolute Gasteiger partial charge is 0.546 e. The highest BCUT2D eigenvalue weighted by molar-refractivity contribution is 6.70. The number of hydrogen-bond donors (Lipinski definition) is 0. The fraction of sp³-hybridized carbons (Fsp3) is 0.412. The maximum Gasteiger partial charge on any atom is 0.262 e. The van der Waals surface area contributed by atoms with Gasteiger partial charge >= 0.3 is 0 Å². The number of allylic oxidation sites excluding steroid dienone is 1. The first-order valence-electron chi connectivity index (χ1n) is 7.74. The molecule has 0 aromatic heterocycles. The molecule has 1 aliphatic heterocycles. The summed E-state index contributed by atoms with van der Waals surface area (Å²) in [6.07, 6.45) is 4.74. The van der Waals surface area contributed by atoms with Gasteiger partial charge in [0.25, 0.3) is 11.8 Å². The number of nitrogens with zero attached hydrogens (tertiary/aromatic N) is 1. The predicted octanol–water partition coefficient (Wildman–Crippen LogP) is 3.57. The van der Waals surface area contributed by atoms with Crippen molar-refractivity contribution in [2.24, 2.45) is 0 Å². The molecule has 3 rings (SSSR count). The van der Waals surface area contributed by atoms with Gasteiger partial charge in [0.05, 0.1) is 22.9 Å². The molecule has 2 amide bonds. The highest BCUT2D eigenvalue weighted by atomic mass is 28.4. The number of fused-ring (bicyclic) bond motifs is 1. The maximum absolute atomic E-state index is 12.7. The minimum Gasteiger partial charge on any atom is -0.546 e. The Bertz CT molecular complexity index is 625. The van der Waals surface area contributed by atoms with Gasteiger partial charge in [-0.2, -0.15) is 0 Å². The smallest absolute Gasteiger partial charge is 0.262 e. The van der Waals surface area contributed by atoms with Crippen LogP contribution >= 0.6 is 0 Å². The van der Waals surface area contributed by atoms with Crippen LogP contribution in [0.4, 0.5) is 0 Å². The predicted molar refractivity (Wildman–Crippen MR) is 87.1 cm³/mol. The Labute approximate surface area is 131 Å². The molecule has 0 saturated heterocycles. The molecular weight excluding hydrogens is 294 g/mol. The lowest BCUT2D eigenvalue weighted by molar-refractivity contribution is 0.0563. The third kappa shape index (κ3) is 2.61. The molecule has 1 aliphatic carbocycles. The second-order valence-electron chi connectivity index (χ2n) is 6.79. The molecule has 0 radical (unpaired) electrons. The topological polar surface area (TPSA) is 46.6 Å². The van der Waals surface area contributed by atoms with Crippen LogP contribution in [-0.2, 0) is 4.43 Å². The lowest BCUT2D eigenvalue weighted by Gasteiger charge is -2.34. The van der Waals surface area contributed by atoms with Crippen molar-refractivity contribution in [2.45, 2.75) is 44.9 Å². The minimum absolute atomic E-state index is 0.197. The first-order chi connectivity index (χ1) is 10.4. The van der Waals surface area contributed by atoms with Crippen molar-refractivity contribution in [1.29, 1.82) is 0 Å². The molecule has 0 spiro atoms. The van der Waals surface area contributed by atoms with Gasteiger partial charge in [-0.15, -0.1) is 0 Å². The van der Waals surface area contributed by atoms with Crippen molar-refractivity contribution in [3.8, 4) is 0 Å². The van der Waals surface area contributed by atoms with Gasteiger partial charge in [-0.3, -0.25) is 14.5 Å². The average molecular weight is 315 g/mol. The number of carbonyl (C=O) groups is 2. The molecule has 1 heterocycles. The maximum atomic E-state index is 12.7. The Hall–Kier alpha value is -1.88. The van der Waals surface area contributed by atoms with Gasteiger partial charge in [0.1, 0.15) is 0 Å². The zero-order chi connectivity index (χ0) is 15.9. The number of benzene rings is 1. The Morgan fingerprint density at radius 2 is 1.68 bits per heavy atom. The number of carbonyl (C=O) groups excluding carboxylic acids is 2. The Kier molecular flexibility index (Phi) is 3.68. The van der Waals surface area contributed by atoms with Gasteiger partial charge in [0, 0.05) is 0 Å². The van der Waals surface area contributed by atoms with Crippen molar-refractivity contribution < 1.29 is 14.0 Å². The van der Waals surface area contributed by atoms with Crippen LogP contribution in [0, 0.1) is 0 Å². The molecule has 0 fully saturated rings. The molecule has 1 atom stereocenters. The minimum atomic E-state index is -1.78. The number of hydrogen-bond acceptors (Lipinski definition) is 3. The fourth-order valence-electron chi connectivity index (χ4n) is 3.04. The Morgan fingerprint density at radius 3 is 2.23 bits per heavy atom. The van der Waals surface area contributed by atoms with Gasteiger partial charge in [-0.05, 0) is 57.1 Å². The second-order valence-corrected chi connectivity index (χ2v) is 11.2. The summed E-state index contributed by atoms with van der Waals surface area (Å²) >= 11 is 0. The van der Waals surface area contributed by atoms with Crippen molar-refractivity contribution in [2.75, 3.05) is 0 Å². The quantitative estimate of drug-likeness (QED) is 0.633. The van der Waals surface area contributed by atoms with Gasteiger partial charge in [0.15, 0.2) is 0 Å². The summed E-state index contributed by atoms with van der Waals surface area (Å²) < 4.78 is 6.15. The van der Waals surface area contributed by atoms with Crippen LogP contribution in [0.2, 0.25) is 19.6 Å². The molecule has 5 heteroatoms. The van der Waals surface area contributed by atoms with E-state index in [0.29, 0.717) is 11.1 Å². The van der Waals surface area contributed by atoms with Crippen molar-refractivity contribution in [3.05, 3.63) is 47.2 Å². The van der Waals surface area contributed by atoms with Crippen LogP contribution in [-0.4, -0.2) is 31.1 Å². The molecule has 4 nitrogen and oxygen atoms in total. The van der Waals surface area contributed by atoms with E-state index in [0.717, 1.165) is 25.0 Å². The van der Waals surface area contributed by atoms with E-state index in [2.05, 4.69) is 25.7 Å². The van der Waals surface area contributed by atoms with E-state index in [1.165, 1.54) is 4.90 Å². The van der Waals surface area contributed by atoms with E-state index in [-0.39, 0.29) is 17.9 Å². The van der Waals surface area contributed by atoms with E-state index >= 15 is 0 Å². The molecule has 2 aliphatic rings. The van der Waals surface area contributed by atoms with E-state index < -0.39 is 8.32 Å². The average Bonchev–Trinajstić information content (AvgIpc) is 2.71. The first-order valence-corrected chi connectivity index (χ1v) is 11.2. The summed E-state index contributed by atoms with van der Waals surface area (Å²) in [7, 11) is -1.78. The molecular formula is C17H21NO3Si. The van der Waals surface area contributed by atoms with E-state index in [9.17, 15) is 9.59 Å². The summed E-state index contributed by atoms with van der Waals surface area (Å²) in [6, 6.07) is 6.78. The van der Waals surface area contributed by atoms with Gasteiger partial charge < -0.3 is 4.43 Å². The molecule has 22 heavy (non-hydrogen) atoms. The highest BCUT2D eigenvalue weighted by Crippen LogP contribution is 2.33. The zero-order valence-corrected chi connectivity index (χ0v) is 14.3. The van der Waals surface area contributed by atoms with Gasteiger partial charge in [-0.1, -0.05) is 12.1 Å². The second kappa shape index (κ2) is 5.39. The lowest BCUT2D eigenvalue weighted by atomic mass is 9.99. The molecule has 0 unspecified atom stereocenters. The fourth-order valence-corrected chi connectivity index (χ4v) is 3.97. The normalized spacial score (nSPS) is 21.7. The summed E-state index contributed by atoms with van der Waals surface area (Å²) in [5, 5.41) is 0. The van der Waals surface area contributed by atoms with Gasteiger partial charge in [-0.25, -0.2) is 0 Å². The summed E-state index contributed by atoms with van der Waals surface area (Å²) in [5.74, 6) is 0.412. The Balaban J connectivity index is 1.94. The van der Waals surface area contributed by atoms with E-state index in [1.807, 2.05) is 0 Å². The summed E-state index contributed by atoms with van der Waals surface area (Å²) in [4.78, 5) is 26.7. The van der Waals surface area contributed by atoms with E-state index in [1.54, 1.807) is 24.3 Å². The molecule has 116 valence electrons. The van der Waals surface area contributed by atoms with Crippen LogP contribution in [0.5, 0.6) is 0 Å². The van der Waals surface area contributed by atoms with Crippen LogP contribution in [0.1, 0.15) is 40.0 Å². The number of amides is 2. The zero-order valence-electron chi connectivity index (χ0n) is 13.3. The highest BCUT2D eigenvalue weighted by Gasteiger charge is 2.42. The van der Waals surface area contributed by atoms with Crippen LogP contribution in [0.15, 0.2) is 36.1 Å². The first kappa shape index (κ1) is 15.0. The summed E-state index contributed by atoms with van der Waals surface area (Å²) in [5.41, 5.74) is 1.01. The molecule has 0 saturated carbocycles. The van der Waals surface area contributed by atoms with Crippen LogP contribution in [0.25, 0.3) is 0 Å². The monoisotopic (exact) mass is 315 g/mol. The summed E-state index contributed by atoms with van der Waals surface area (Å²) in [6.45, 7) is 6.34. The molecule has 1 aromatic rings. The van der Waals surface area contributed by atoms with Crippen molar-refractivity contribution >= 4 is 20.1 Å². The van der Waals surface area contributed by atoms with Crippen molar-refractivity contribution in [1.82, 2.24) is 4.90 Å². The number of rotatable bonds is 3. The number of imide groups is 1. The van der Waals surface area contributed by atoms with E-state index in [4.69, 9.17) is 4.43 Å². The SMILES string of the molecule is C[Si](C)(C)OC1=CCCC[C@@H]1N1C(=O)c2ccccc2C1=O. The molecule has 0 N–H and O–H groups in total. The van der Waals surface area contributed by atoms with Crippen molar-refractivity contribution in [3.63, 3.8) is 0 Å². The standard InChI is InChI=1S/C17H21NO3Si/c1-22(2,3)21-15-11-7-6-10-14(15)18-16(19)12-8-4-5-9-13(12)17(18)20/h4-5,8-9,11,14H,6-7,10H2,1-3H3/t14-/m0/s1. The van der Waals surface area contributed by atoms with Crippen LogP contribution in [0.3, 0.4) is 0 Å². The third-order valence-corrected chi connectivity index (χ3v) is 4.76.